The maximum atomic E-state index is 12.7. The number of carbonyl (C=O) groups excluding carboxylic acids is 3. The smallest absolute Gasteiger partial charge is 0.325 e. The van der Waals surface area contributed by atoms with E-state index in [1.807, 2.05) is 24.3 Å². The molecule has 2 aliphatic rings. The number of imide groups is 1. The molecule has 8 heteroatoms. The molecule has 1 atom stereocenters. The number of benzene rings is 1. The molecular formula is C16H20N4O4. The van der Waals surface area contributed by atoms with Crippen LogP contribution in [0.1, 0.15) is 11.6 Å². The van der Waals surface area contributed by atoms with E-state index in [-0.39, 0.29) is 30.9 Å². The first-order valence-electron chi connectivity index (χ1n) is 7.82. The van der Waals surface area contributed by atoms with Crippen LogP contribution in [-0.2, 0) is 9.59 Å². The lowest BCUT2D eigenvalue weighted by Gasteiger charge is -2.37. The Labute approximate surface area is 139 Å². The first kappa shape index (κ1) is 16.3. The van der Waals surface area contributed by atoms with Gasteiger partial charge < -0.3 is 20.3 Å². The number of urea groups is 1. The van der Waals surface area contributed by atoms with Crippen molar-refractivity contribution in [3.05, 3.63) is 29.8 Å². The van der Waals surface area contributed by atoms with Crippen LogP contribution in [0.15, 0.2) is 24.3 Å². The number of methoxy groups -OCH3 is 1. The minimum atomic E-state index is -0.510. The van der Waals surface area contributed by atoms with E-state index < -0.39 is 6.03 Å². The third kappa shape index (κ3) is 3.18. The highest BCUT2D eigenvalue weighted by Gasteiger charge is 2.34. The van der Waals surface area contributed by atoms with Crippen LogP contribution < -0.4 is 15.4 Å². The highest BCUT2D eigenvalue weighted by Crippen LogP contribution is 2.24. The van der Waals surface area contributed by atoms with Gasteiger partial charge in [0.25, 0.3) is 5.91 Å². The molecule has 2 fully saturated rings. The molecule has 2 heterocycles. The van der Waals surface area contributed by atoms with E-state index in [2.05, 4.69) is 10.6 Å². The van der Waals surface area contributed by atoms with Gasteiger partial charge in [-0.2, -0.15) is 0 Å². The molecule has 1 unspecified atom stereocenters. The summed E-state index contributed by atoms with van der Waals surface area (Å²) in [5.41, 5.74) is 0.980. The number of carbonyl (C=O) groups is 3. The summed E-state index contributed by atoms with van der Waals surface area (Å²) in [4.78, 5) is 38.6. The van der Waals surface area contributed by atoms with Crippen LogP contribution in [0.3, 0.4) is 0 Å². The number of nitrogens with zero attached hydrogens (tertiary/aromatic N) is 2. The Bertz CT molecular complexity index is 630. The first-order chi connectivity index (χ1) is 11.6. The standard InChI is InChI=1S/C16H20N4O4/c1-24-12-4-2-11(3-5-12)13-8-17-6-7-19(13)15(22)10-20-14(21)9-18-16(20)23/h2-5,13,17H,6-10H2,1H3,(H,18,23). The van der Waals surface area contributed by atoms with Crippen molar-refractivity contribution in [2.45, 2.75) is 6.04 Å². The second-order valence-electron chi connectivity index (χ2n) is 5.72. The predicted molar refractivity (Wildman–Crippen MR) is 85.4 cm³/mol. The van der Waals surface area contributed by atoms with Crippen molar-refractivity contribution in [2.75, 3.05) is 39.8 Å². The third-order valence-corrected chi connectivity index (χ3v) is 4.29. The molecule has 0 aromatic heterocycles. The number of nitrogens with one attached hydrogen (secondary N) is 2. The molecule has 0 saturated carbocycles. The fourth-order valence-corrected chi connectivity index (χ4v) is 2.97. The van der Waals surface area contributed by atoms with Crippen LogP contribution in [0.4, 0.5) is 4.79 Å². The van der Waals surface area contributed by atoms with Crippen molar-refractivity contribution in [3.63, 3.8) is 0 Å². The summed E-state index contributed by atoms with van der Waals surface area (Å²) in [5.74, 6) is 0.145. The van der Waals surface area contributed by atoms with Crippen LogP contribution in [-0.4, -0.2) is 67.5 Å². The molecule has 3 rings (SSSR count). The number of hydrogen-bond donors (Lipinski definition) is 2. The maximum Gasteiger partial charge on any atom is 0.325 e. The van der Waals surface area contributed by atoms with Crippen LogP contribution in [0.5, 0.6) is 5.75 Å². The van der Waals surface area contributed by atoms with Crippen molar-refractivity contribution in [3.8, 4) is 5.75 Å². The minimum Gasteiger partial charge on any atom is -0.497 e. The van der Waals surface area contributed by atoms with Crippen LogP contribution in [0.25, 0.3) is 0 Å². The lowest BCUT2D eigenvalue weighted by Crippen LogP contribution is -2.52. The SMILES string of the molecule is COc1ccc(C2CNCCN2C(=O)CN2C(=O)CNC2=O)cc1. The summed E-state index contributed by atoms with van der Waals surface area (Å²) in [5, 5.41) is 5.70. The quantitative estimate of drug-likeness (QED) is 0.740. The van der Waals surface area contributed by atoms with Gasteiger partial charge in [-0.05, 0) is 17.7 Å². The van der Waals surface area contributed by atoms with Crippen molar-refractivity contribution in [2.24, 2.45) is 0 Å². The molecule has 8 nitrogen and oxygen atoms in total. The Balaban J connectivity index is 1.74. The highest BCUT2D eigenvalue weighted by atomic mass is 16.5. The molecule has 0 bridgehead atoms. The Hall–Kier alpha value is -2.61. The third-order valence-electron chi connectivity index (χ3n) is 4.29. The Morgan fingerprint density at radius 1 is 1.29 bits per heavy atom. The molecule has 2 N–H and O–H groups in total. The molecule has 1 aromatic carbocycles. The summed E-state index contributed by atoms with van der Waals surface area (Å²) in [7, 11) is 1.60. The summed E-state index contributed by atoms with van der Waals surface area (Å²) >= 11 is 0. The van der Waals surface area contributed by atoms with Gasteiger partial charge in [0.2, 0.25) is 5.91 Å². The number of piperazine rings is 1. The summed E-state index contributed by atoms with van der Waals surface area (Å²) in [6.07, 6.45) is 0. The van der Waals surface area contributed by atoms with Crippen molar-refractivity contribution in [1.82, 2.24) is 20.4 Å². The zero-order valence-corrected chi connectivity index (χ0v) is 13.4. The normalized spacial score (nSPS) is 21.0. The molecule has 4 amide bonds. The largest absolute Gasteiger partial charge is 0.497 e. The predicted octanol–water partition coefficient (Wildman–Crippen LogP) is -0.280. The van der Waals surface area contributed by atoms with Gasteiger partial charge in [0.05, 0.1) is 19.7 Å². The van der Waals surface area contributed by atoms with E-state index in [9.17, 15) is 14.4 Å². The summed E-state index contributed by atoms with van der Waals surface area (Å²) in [6, 6.07) is 6.89. The second-order valence-corrected chi connectivity index (χ2v) is 5.72. The summed E-state index contributed by atoms with van der Waals surface area (Å²) in [6.45, 7) is 1.56. The average molecular weight is 332 g/mol. The van der Waals surface area contributed by atoms with Crippen LogP contribution >= 0.6 is 0 Å². The zero-order chi connectivity index (χ0) is 17.1. The first-order valence-corrected chi connectivity index (χ1v) is 7.82. The van der Waals surface area contributed by atoms with E-state index in [4.69, 9.17) is 4.74 Å². The van der Waals surface area contributed by atoms with E-state index in [0.29, 0.717) is 19.6 Å². The van der Waals surface area contributed by atoms with Gasteiger partial charge >= 0.3 is 6.03 Å². The van der Waals surface area contributed by atoms with Gasteiger partial charge in [-0.3, -0.25) is 14.5 Å². The van der Waals surface area contributed by atoms with Crippen LogP contribution in [0.2, 0.25) is 0 Å². The molecule has 0 radical (unpaired) electrons. The van der Waals surface area contributed by atoms with Gasteiger partial charge in [0.15, 0.2) is 0 Å². The Morgan fingerprint density at radius 2 is 2.04 bits per heavy atom. The number of hydrogen-bond acceptors (Lipinski definition) is 5. The molecule has 2 aliphatic heterocycles. The van der Waals surface area contributed by atoms with Gasteiger partial charge in [-0.25, -0.2) is 4.79 Å². The van der Waals surface area contributed by atoms with E-state index in [1.165, 1.54) is 0 Å². The Kier molecular flexibility index (Phi) is 4.66. The van der Waals surface area contributed by atoms with Gasteiger partial charge in [-0.1, -0.05) is 12.1 Å². The maximum absolute atomic E-state index is 12.7. The second kappa shape index (κ2) is 6.88. The summed E-state index contributed by atoms with van der Waals surface area (Å²) < 4.78 is 5.16. The monoisotopic (exact) mass is 332 g/mol. The van der Waals surface area contributed by atoms with Crippen molar-refractivity contribution in [1.29, 1.82) is 0 Å². The zero-order valence-electron chi connectivity index (χ0n) is 13.4. The molecule has 128 valence electrons. The molecule has 2 saturated heterocycles. The van der Waals surface area contributed by atoms with E-state index >= 15 is 0 Å². The fourth-order valence-electron chi connectivity index (χ4n) is 2.97. The van der Waals surface area contributed by atoms with Crippen LogP contribution in [0, 0.1) is 0 Å². The molecule has 1 aromatic rings. The average Bonchev–Trinajstić information content (AvgIpc) is 2.93. The van der Waals surface area contributed by atoms with Gasteiger partial charge in [0.1, 0.15) is 12.3 Å². The topological polar surface area (TPSA) is 91.0 Å². The van der Waals surface area contributed by atoms with E-state index in [1.54, 1.807) is 12.0 Å². The van der Waals surface area contributed by atoms with E-state index in [0.717, 1.165) is 16.2 Å². The lowest BCUT2D eigenvalue weighted by molar-refractivity contribution is -0.139. The molecule has 0 aliphatic carbocycles. The highest BCUT2D eigenvalue weighted by molar-refractivity contribution is 6.04. The Morgan fingerprint density at radius 3 is 2.67 bits per heavy atom. The number of ether oxygens (including phenoxy) is 1. The van der Waals surface area contributed by atoms with Crippen molar-refractivity contribution >= 4 is 17.8 Å². The lowest BCUT2D eigenvalue weighted by atomic mass is 10.0. The molecule has 24 heavy (non-hydrogen) atoms. The van der Waals surface area contributed by atoms with Gasteiger partial charge in [-0.15, -0.1) is 0 Å². The minimum absolute atomic E-state index is 0.0461. The van der Waals surface area contributed by atoms with Gasteiger partial charge in [0, 0.05) is 19.6 Å². The number of amides is 4. The fraction of sp³-hybridized carbons (Fsp3) is 0.438. The molecule has 0 spiro atoms. The van der Waals surface area contributed by atoms with Crippen molar-refractivity contribution < 1.29 is 19.1 Å². The molecular weight excluding hydrogens is 312 g/mol. The number of rotatable bonds is 4.